The summed E-state index contributed by atoms with van der Waals surface area (Å²) in [5.74, 6) is -0.319. The highest BCUT2D eigenvalue weighted by Gasteiger charge is 2.62. The van der Waals surface area contributed by atoms with Gasteiger partial charge in [-0.1, -0.05) is 6.42 Å². The smallest absolute Gasteiger partial charge is 0.333 e. The normalized spacial score (nSPS) is 23.2. The van der Waals surface area contributed by atoms with E-state index in [2.05, 4.69) is 0 Å². The van der Waals surface area contributed by atoms with E-state index in [9.17, 15) is 22.4 Å². The Labute approximate surface area is 128 Å². The van der Waals surface area contributed by atoms with Crippen LogP contribution in [0.25, 0.3) is 0 Å². The van der Waals surface area contributed by atoms with Crippen molar-refractivity contribution in [2.45, 2.75) is 70.5 Å². The summed E-state index contributed by atoms with van der Waals surface area (Å²) >= 11 is 0. The molecule has 0 spiro atoms. The fourth-order valence-electron chi connectivity index (χ4n) is 3.16. The van der Waals surface area contributed by atoms with Crippen molar-refractivity contribution >= 4 is 5.91 Å². The third-order valence-electron chi connectivity index (χ3n) is 4.88. The van der Waals surface area contributed by atoms with Crippen molar-refractivity contribution in [1.82, 2.24) is 4.90 Å². The number of halogens is 4. The summed E-state index contributed by atoms with van der Waals surface area (Å²) in [6.45, 7) is 3.85. The lowest BCUT2D eigenvalue weighted by Gasteiger charge is -2.40. The first kappa shape index (κ1) is 17.3. The van der Waals surface area contributed by atoms with Crippen molar-refractivity contribution in [3.8, 4) is 0 Å². The van der Waals surface area contributed by atoms with E-state index in [1.165, 1.54) is 6.08 Å². The van der Waals surface area contributed by atoms with E-state index >= 15 is 0 Å². The Morgan fingerprint density at radius 2 is 1.91 bits per heavy atom. The van der Waals surface area contributed by atoms with Gasteiger partial charge in [0.05, 0.1) is 5.41 Å². The van der Waals surface area contributed by atoms with E-state index in [0.717, 1.165) is 0 Å². The minimum atomic E-state index is -4.12. The molecule has 0 radical (unpaired) electrons. The molecule has 2 nitrogen and oxygen atoms in total. The number of hydrogen-bond acceptors (Lipinski definition) is 1. The van der Waals surface area contributed by atoms with Crippen LogP contribution in [0, 0.1) is 5.41 Å². The van der Waals surface area contributed by atoms with Crippen LogP contribution >= 0.6 is 0 Å². The van der Waals surface area contributed by atoms with Crippen LogP contribution in [-0.2, 0) is 4.79 Å². The second-order valence-electron chi connectivity index (χ2n) is 7.13. The highest BCUT2D eigenvalue weighted by molar-refractivity contribution is 5.77. The van der Waals surface area contributed by atoms with Crippen LogP contribution in [0.1, 0.15) is 58.8 Å². The molecule has 1 fully saturated rings. The summed E-state index contributed by atoms with van der Waals surface area (Å²) in [5, 5.41) is 0. The molecule has 0 aromatic carbocycles. The monoisotopic (exact) mass is 321 g/mol. The molecule has 22 heavy (non-hydrogen) atoms. The zero-order valence-corrected chi connectivity index (χ0v) is 13.1. The molecule has 0 aromatic rings. The van der Waals surface area contributed by atoms with E-state index in [0.29, 0.717) is 12.8 Å². The summed E-state index contributed by atoms with van der Waals surface area (Å²) in [5.41, 5.74) is -2.05. The minimum Gasteiger partial charge on any atom is -0.333 e. The van der Waals surface area contributed by atoms with Gasteiger partial charge in [-0.05, 0) is 45.6 Å². The van der Waals surface area contributed by atoms with Crippen molar-refractivity contribution in [3.05, 3.63) is 11.9 Å². The fourth-order valence-corrected chi connectivity index (χ4v) is 3.16. The van der Waals surface area contributed by atoms with Crippen molar-refractivity contribution in [2.75, 3.05) is 6.54 Å². The topological polar surface area (TPSA) is 20.3 Å². The first-order chi connectivity index (χ1) is 10.1. The van der Waals surface area contributed by atoms with Gasteiger partial charge < -0.3 is 4.90 Å². The highest BCUT2D eigenvalue weighted by atomic mass is 19.4. The second kappa shape index (κ2) is 5.85. The van der Waals surface area contributed by atoms with Crippen molar-refractivity contribution < 1.29 is 22.4 Å². The molecule has 1 aliphatic heterocycles. The maximum Gasteiger partial charge on any atom is 0.394 e. The van der Waals surface area contributed by atoms with Crippen LogP contribution in [-0.4, -0.2) is 29.1 Å². The van der Waals surface area contributed by atoms with Gasteiger partial charge >= 0.3 is 6.18 Å². The number of rotatable bonds is 5. The van der Waals surface area contributed by atoms with E-state index in [4.69, 9.17) is 0 Å². The molecule has 1 saturated carbocycles. The molecular formula is C16H23F4NO. The average Bonchev–Trinajstić information content (AvgIpc) is 3.13. The largest absolute Gasteiger partial charge is 0.394 e. The van der Waals surface area contributed by atoms with Gasteiger partial charge in [0.1, 0.15) is 5.83 Å². The van der Waals surface area contributed by atoms with E-state index in [-0.39, 0.29) is 50.4 Å². The van der Waals surface area contributed by atoms with Crippen LogP contribution < -0.4 is 0 Å². The van der Waals surface area contributed by atoms with Crippen LogP contribution in [0.4, 0.5) is 17.6 Å². The minimum absolute atomic E-state index is 0.106. The van der Waals surface area contributed by atoms with Crippen LogP contribution in [0.3, 0.4) is 0 Å². The zero-order chi connectivity index (χ0) is 16.6. The van der Waals surface area contributed by atoms with Gasteiger partial charge in [0.15, 0.2) is 0 Å². The maximum absolute atomic E-state index is 13.3. The molecule has 2 rings (SSSR count). The Bertz CT molecular complexity index is 463. The molecular weight excluding hydrogens is 298 g/mol. The highest BCUT2D eigenvalue weighted by Crippen LogP contribution is 2.60. The van der Waals surface area contributed by atoms with Crippen LogP contribution in [0.5, 0.6) is 0 Å². The Balaban J connectivity index is 1.77. The number of carbonyl (C=O) groups excluding carboxylic acids is 1. The lowest BCUT2D eigenvalue weighted by Crippen LogP contribution is -2.49. The zero-order valence-electron chi connectivity index (χ0n) is 13.1. The van der Waals surface area contributed by atoms with Gasteiger partial charge in [-0.25, -0.2) is 4.39 Å². The number of hydrogen-bond donors (Lipinski definition) is 0. The van der Waals surface area contributed by atoms with Crippen molar-refractivity contribution in [1.29, 1.82) is 0 Å². The van der Waals surface area contributed by atoms with Gasteiger partial charge in [0, 0.05) is 24.9 Å². The summed E-state index contributed by atoms with van der Waals surface area (Å²) in [7, 11) is 0. The molecule has 0 atom stereocenters. The van der Waals surface area contributed by atoms with Gasteiger partial charge in [0.25, 0.3) is 0 Å². The first-order valence-corrected chi connectivity index (χ1v) is 7.79. The summed E-state index contributed by atoms with van der Waals surface area (Å²) in [6.07, 6.45) is -0.898. The average molecular weight is 321 g/mol. The summed E-state index contributed by atoms with van der Waals surface area (Å²) in [6, 6.07) is 0. The molecule has 1 aliphatic carbocycles. The van der Waals surface area contributed by atoms with Gasteiger partial charge in [-0.15, -0.1) is 0 Å². The third kappa shape index (κ3) is 3.63. The van der Waals surface area contributed by atoms with E-state index in [1.807, 2.05) is 0 Å². The second-order valence-corrected chi connectivity index (χ2v) is 7.13. The molecule has 0 bridgehead atoms. The quantitative estimate of drug-likeness (QED) is 0.528. The Kier molecular flexibility index (Phi) is 4.60. The molecule has 0 unspecified atom stereocenters. The van der Waals surface area contributed by atoms with Crippen LogP contribution in [0.15, 0.2) is 11.9 Å². The standard InChI is InChI=1S/C16H23F4NO/c1-14(2)11-12(17)6-10-21(14)13(22)5-3-4-7-15(8-9-15)16(18,19)20/h6H,3-5,7-11H2,1-2H3. The van der Waals surface area contributed by atoms with Gasteiger partial charge in [0.2, 0.25) is 5.91 Å². The molecule has 2 aliphatic rings. The predicted octanol–water partition coefficient (Wildman–Crippen LogP) is 4.75. The van der Waals surface area contributed by atoms with Crippen molar-refractivity contribution in [2.24, 2.45) is 5.41 Å². The SMILES string of the molecule is CC1(C)CC(F)=CCN1C(=O)CCCCC1(C(F)(F)F)CC1. The number of carbonyl (C=O) groups is 1. The van der Waals surface area contributed by atoms with Gasteiger partial charge in [-0.3, -0.25) is 4.79 Å². The lowest BCUT2D eigenvalue weighted by molar-refractivity contribution is -0.189. The predicted molar refractivity (Wildman–Crippen MR) is 75.8 cm³/mol. The first-order valence-electron chi connectivity index (χ1n) is 7.79. The fraction of sp³-hybridized carbons (Fsp3) is 0.812. The van der Waals surface area contributed by atoms with Gasteiger partial charge in [-0.2, -0.15) is 13.2 Å². The molecule has 0 aromatic heterocycles. The lowest BCUT2D eigenvalue weighted by atomic mass is 9.92. The molecule has 1 amide bonds. The Hall–Kier alpha value is -1.07. The van der Waals surface area contributed by atoms with Crippen LogP contribution in [0.2, 0.25) is 0 Å². The molecule has 6 heteroatoms. The molecule has 0 N–H and O–H groups in total. The Morgan fingerprint density at radius 3 is 2.41 bits per heavy atom. The Morgan fingerprint density at radius 1 is 1.27 bits per heavy atom. The van der Waals surface area contributed by atoms with Crippen molar-refractivity contribution in [3.63, 3.8) is 0 Å². The molecule has 1 heterocycles. The number of alkyl halides is 3. The number of unbranched alkanes of at least 4 members (excludes halogenated alkanes) is 1. The maximum atomic E-state index is 13.3. The van der Waals surface area contributed by atoms with E-state index in [1.54, 1.807) is 18.7 Å². The number of nitrogens with zero attached hydrogens (tertiary/aromatic N) is 1. The summed E-state index contributed by atoms with van der Waals surface area (Å²) in [4.78, 5) is 13.8. The number of amides is 1. The van der Waals surface area contributed by atoms with E-state index < -0.39 is 17.1 Å². The molecule has 126 valence electrons. The summed E-state index contributed by atoms with van der Waals surface area (Å²) < 4.78 is 51.7. The molecule has 0 saturated heterocycles. The third-order valence-corrected chi connectivity index (χ3v) is 4.88.